The largest absolute Gasteiger partial charge is 0.493 e. The number of aryl methyl sites for hydroxylation is 1. The van der Waals surface area contributed by atoms with Gasteiger partial charge < -0.3 is 14.8 Å². The Bertz CT molecular complexity index is 904. The van der Waals surface area contributed by atoms with Crippen LogP contribution in [0.1, 0.15) is 36.8 Å². The van der Waals surface area contributed by atoms with Crippen molar-refractivity contribution in [3.05, 3.63) is 57.6 Å². The number of non-ortho nitro benzene ring substituents is 1. The zero-order valence-corrected chi connectivity index (χ0v) is 16.3. The molecule has 0 heterocycles. The second kappa shape index (κ2) is 7.88. The van der Waals surface area contributed by atoms with E-state index in [4.69, 9.17) is 9.47 Å². The van der Waals surface area contributed by atoms with Crippen LogP contribution in [0.2, 0.25) is 0 Å². The second-order valence-electron chi connectivity index (χ2n) is 7.07. The van der Waals surface area contributed by atoms with Crippen molar-refractivity contribution in [2.75, 3.05) is 19.5 Å². The Morgan fingerprint density at radius 1 is 1.07 bits per heavy atom. The van der Waals surface area contributed by atoms with Crippen molar-refractivity contribution in [3.8, 4) is 11.5 Å². The number of amides is 1. The molecular weight excluding hydrogens is 360 g/mol. The van der Waals surface area contributed by atoms with Crippen molar-refractivity contribution in [2.24, 2.45) is 0 Å². The van der Waals surface area contributed by atoms with Crippen molar-refractivity contribution >= 4 is 17.3 Å². The number of nitrogens with zero attached hydrogens (tertiary/aromatic N) is 1. The van der Waals surface area contributed by atoms with Gasteiger partial charge in [-0.05, 0) is 43.0 Å². The number of methoxy groups -OCH3 is 2. The predicted octanol–water partition coefficient (Wildman–Crippen LogP) is 4.37. The molecule has 7 heteroatoms. The normalized spacial score (nSPS) is 15.1. The summed E-state index contributed by atoms with van der Waals surface area (Å²) in [6, 6.07) is 10.0. The van der Waals surface area contributed by atoms with Gasteiger partial charge in [-0.1, -0.05) is 25.0 Å². The van der Waals surface area contributed by atoms with Crippen LogP contribution in [0.25, 0.3) is 0 Å². The third-order valence-corrected chi connectivity index (χ3v) is 5.51. The molecule has 0 aliphatic heterocycles. The van der Waals surface area contributed by atoms with Crippen LogP contribution in [0.5, 0.6) is 11.5 Å². The van der Waals surface area contributed by atoms with Gasteiger partial charge in [-0.25, -0.2) is 0 Å². The van der Waals surface area contributed by atoms with E-state index in [-0.39, 0.29) is 11.6 Å². The Morgan fingerprint density at radius 3 is 2.36 bits per heavy atom. The lowest BCUT2D eigenvalue weighted by Gasteiger charge is -2.29. The van der Waals surface area contributed by atoms with E-state index in [1.165, 1.54) is 12.1 Å². The minimum absolute atomic E-state index is 0.0486. The number of hydrogen-bond donors (Lipinski definition) is 1. The Labute approximate surface area is 163 Å². The van der Waals surface area contributed by atoms with Crippen LogP contribution in [-0.2, 0) is 10.2 Å². The summed E-state index contributed by atoms with van der Waals surface area (Å²) < 4.78 is 10.7. The number of anilines is 1. The van der Waals surface area contributed by atoms with Crippen LogP contribution in [0, 0.1) is 17.0 Å². The summed E-state index contributed by atoms with van der Waals surface area (Å²) in [6.45, 7) is 1.82. The molecule has 3 rings (SSSR count). The summed E-state index contributed by atoms with van der Waals surface area (Å²) >= 11 is 0. The molecule has 0 spiro atoms. The Balaban J connectivity index is 1.98. The van der Waals surface area contributed by atoms with Gasteiger partial charge in [0.2, 0.25) is 5.91 Å². The minimum Gasteiger partial charge on any atom is -0.493 e. The fourth-order valence-corrected chi connectivity index (χ4v) is 3.86. The van der Waals surface area contributed by atoms with Crippen molar-refractivity contribution in [1.82, 2.24) is 0 Å². The molecule has 0 unspecified atom stereocenters. The molecule has 28 heavy (non-hydrogen) atoms. The maximum absolute atomic E-state index is 13.4. The molecule has 0 aromatic heterocycles. The quantitative estimate of drug-likeness (QED) is 0.590. The topological polar surface area (TPSA) is 90.7 Å². The first-order valence-electron chi connectivity index (χ1n) is 9.20. The highest BCUT2D eigenvalue weighted by Gasteiger charge is 2.43. The number of nitro groups is 1. The van der Waals surface area contributed by atoms with Gasteiger partial charge in [0.1, 0.15) is 0 Å². The highest BCUT2D eigenvalue weighted by atomic mass is 16.6. The molecule has 7 nitrogen and oxygen atoms in total. The monoisotopic (exact) mass is 384 g/mol. The fraction of sp³-hybridized carbons (Fsp3) is 0.381. The van der Waals surface area contributed by atoms with Gasteiger partial charge in [-0.2, -0.15) is 0 Å². The third kappa shape index (κ3) is 3.52. The van der Waals surface area contributed by atoms with Gasteiger partial charge in [0, 0.05) is 12.1 Å². The van der Waals surface area contributed by atoms with Crippen molar-refractivity contribution < 1.29 is 19.2 Å². The number of ether oxygens (including phenoxy) is 2. The third-order valence-electron chi connectivity index (χ3n) is 5.51. The second-order valence-corrected chi connectivity index (χ2v) is 7.07. The molecule has 1 saturated carbocycles. The van der Waals surface area contributed by atoms with Crippen LogP contribution in [0.3, 0.4) is 0 Å². The highest BCUT2D eigenvalue weighted by Crippen LogP contribution is 2.44. The number of carbonyl (C=O) groups excluding carboxylic acids is 1. The van der Waals surface area contributed by atoms with Gasteiger partial charge in [-0.3, -0.25) is 14.9 Å². The van der Waals surface area contributed by atoms with Crippen LogP contribution in [0.15, 0.2) is 36.4 Å². The van der Waals surface area contributed by atoms with Crippen LogP contribution in [-0.4, -0.2) is 25.1 Å². The van der Waals surface area contributed by atoms with E-state index < -0.39 is 10.3 Å². The molecule has 148 valence electrons. The zero-order valence-electron chi connectivity index (χ0n) is 16.3. The number of hydrogen-bond acceptors (Lipinski definition) is 5. The lowest BCUT2D eigenvalue weighted by atomic mass is 9.77. The van der Waals surface area contributed by atoms with Gasteiger partial charge in [0.25, 0.3) is 5.69 Å². The number of nitrogens with one attached hydrogen (secondary N) is 1. The maximum atomic E-state index is 13.4. The minimum atomic E-state index is -0.698. The smallest absolute Gasteiger partial charge is 0.271 e. The molecule has 2 aromatic carbocycles. The van der Waals surface area contributed by atoms with Gasteiger partial charge in [0.15, 0.2) is 11.5 Å². The average molecular weight is 384 g/mol. The molecule has 1 aliphatic rings. The van der Waals surface area contributed by atoms with E-state index in [0.29, 0.717) is 30.0 Å². The molecule has 1 fully saturated rings. The standard InChI is InChI=1S/C21H24N2O5/c1-14-6-8-16(23(25)26)13-17(14)22-20(24)21(10-4-5-11-21)15-7-9-18(27-2)19(12-15)28-3/h6-9,12-13H,4-5,10-11H2,1-3H3,(H,22,24). The van der Waals surface area contributed by atoms with Gasteiger partial charge in [0.05, 0.1) is 30.2 Å². The maximum Gasteiger partial charge on any atom is 0.271 e. The summed E-state index contributed by atoms with van der Waals surface area (Å²) in [4.78, 5) is 24.0. The molecule has 0 atom stereocenters. The number of benzene rings is 2. The molecule has 1 amide bonds. The molecular formula is C21H24N2O5. The van der Waals surface area contributed by atoms with Crippen LogP contribution >= 0.6 is 0 Å². The summed E-state index contributed by atoms with van der Waals surface area (Å²) in [5.41, 5.74) is 1.36. The number of carbonyl (C=O) groups is 1. The first-order valence-corrected chi connectivity index (χ1v) is 9.20. The number of rotatable bonds is 6. The van der Waals surface area contributed by atoms with E-state index in [1.807, 2.05) is 19.1 Å². The lowest BCUT2D eigenvalue weighted by molar-refractivity contribution is -0.384. The summed E-state index contributed by atoms with van der Waals surface area (Å²) in [5.74, 6) is 1.03. The summed E-state index contributed by atoms with van der Waals surface area (Å²) in [5, 5.41) is 14.0. The van der Waals surface area contributed by atoms with Crippen molar-refractivity contribution in [2.45, 2.75) is 38.0 Å². The first kappa shape index (κ1) is 19.7. The SMILES string of the molecule is COc1ccc(C2(C(=O)Nc3cc([N+](=O)[O-])ccc3C)CCCC2)cc1OC. The van der Waals surface area contributed by atoms with E-state index in [1.54, 1.807) is 26.4 Å². The van der Waals surface area contributed by atoms with Gasteiger partial charge >= 0.3 is 0 Å². The molecule has 1 aliphatic carbocycles. The Morgan fingerprint density at radius 2 is 1.75 bits per heavy atom. The Hall–Kier alpha value is -3.09. The predicted molar refractivity (Wildman–Crippen MR) is 106 cm³/mol. The van der Waals surface area contributed by atoms with Crippen molar-refractivity contribution in [1.29, 1.82) is 0 Å². The molecule has 0 saturated heterocycles. The van der Waals surface area contributed by atoms with Crippen molar-refractivity contribution in [3.63, 3.8) is 0 Å². The summed E-state index contributed by atoms with van der Waals surface area (Å²) in [6.07, 6.45) is 3.30. The summed E-state index contributed by atoms with van der Waals surface area (Å²) in [7, 11) is 3.14. The van der Waals surface area contributed by atoms with E-state index in [2.05, 4.69) is 5.32 Å². The molecule has 0 bridgehead atoms. The lowest BCUT2D eigenvalue weighted by Crippen LogP contribution is -2.38. The number of nitro benzene ring substituents is 1. The first-order chi connectivity index (χ1) is 13.4. The zero-order chi connectivity index (χ0) is 20.3. The molecule has 2 aromatic rings. The fourth-order valence-electron chi connectivity index (χ4n) is 3.86. The Kier molecular flexibility index (Phi) is 5.53. The highest BCUT2D eigenvalue weighted by molar-refractivity contribution is 6.00. The van der Waals surface area contributed by atoms with E-state index in [0.717, 1.165) is 24.0 Å². The molecule has 1 N–H and O–H groups in total. The average Bonchev–Trinajstić information content (AvgIpc) is 3.20. The van der Waals surface area contributed by atoms with Gasteiger partial charge in [-0.15, -0.1) is 0 Å². The van der Waals surface area contributed by atoms with Crippen LogP contribution < -0.4 is 14.8 Å². The van der Waals surface area contributed by atoms with Crippen LogP contribution in [0.4, 0.5) is 11.4 Å². The van der Waals surface area contributed by atoms with E-state index >= 15 is 0 Å². The molecule has 0 radical (unpaired) electrons. The van der Waals surface area contributed by atoms with E-state index in [9.17, 15) is 14.9 Å².